The molecule has 1 saturated carbocycles. The standard InChI is InChI=1S/C23H23Cl2N3O3/c24-18-10-7-14(12-19(18)25)4-3-11-26-20(29)13-27-22(30)21-16-5-1-2-6-17(16)23(31)28(21)15-8-9-15/h1-2,5-7,10,12,15,21H,3-4,8-9,11,13H2,(H,26,29)(H,27,30). The predicted octanol–water partition coefficient (Wildman–Crippen LogP) is 3.52. The van der Waals surface area contributed by atoms with E-state index in [1.165, 1.54) is 0 Å². The fraction of sp³-hybridized carbons (Fsp3) is 0.348. The number of benzene rings is 2. The second-order valence-corrected chi connectivity index (χ2v) is 8.67. The predicted molar refractivity (Wildman–Crippen MR) is 119 cm³/mol. The molecule has 0 spiro atoms. The molecule has 1 aliphatic heterocycles. The Hall–Kier alpha value is -2.57. The summed E-state index contributed by atoms with van der Waals surface area (Å²) in [6.07, 6.45) is 3.30. The maximum Gasteiger partial charge on any atom is 0.255 e. The Morgan fingerprint density at radius 1 is 1.03 bits per heavy atom. The average molecular weight is 460 g/mol. The highest BCUT2D eigenvalue weighted by Gasteiger charge is 2.47. The molecule has 4 rings (SSSR count). The Morgan fingerprint density at radius 3 is 2.55 bits per heavy atom. The Bertz CT molecular complexity index is 1020. The zero-order valence-corrected chi connectivity index (χ0v) is 18.4. The lowest BCUT2D eigenvalue weighted by Crippen LogP contribution is -2.44. The van der Waals surface area contributed by atoms with Gasteiger partial charge in [0.05, 0.1) is 16.6 Å². The minimum absolute atomic E-state index is 0.103. The second kappa shape index (κ2) is 9.28. The van der Waals surface area contributed by atoms with Crippen LogP contribution < -0.4 is 10.6 Å². The van der Waals surface area contributed by atoms with Crippen LogP contribution in [0.15, 0.2) is 42.5 Å². The van der Waals surface area contributed by atoms with Crippen molar-refractivity contribution in [1.82, 2.24) is 15.5 Å². The summed E-state index contributed by atoms with van der Waals surface area (Å²) in [4.78, 5) is 39.4. The van der Waals surface area contributed by atoms with Crippen molar-refractivity contribution >= 4 is 40.9 Å². The Kier molecular flexibility index (Phi) is 6.49. The Balaban J connectivity index is 1.26. The van der Waals surface area contributed by atoms with Gasteiger partial charge in [-0.2, -0.15) is 0 Å². The molecule has 1 heterocycles. The van der Waals surface area contributed by atoms with Crippen molar-refractivity contribution < 1.29 is 14.4 Å². The summed E-state index contributed by atoms with van der Waals surface area (Å²) in [5.41, 5.74) is 2.32. The molecule has 1 fully saturated rings. The molecule has 1 unspecified atom stereocenters. The van der Waals surface area contributed by atoms with Crippen LogP contribution in [0.5, 0.6) is 0 Å². The topological polar surface area (TPSA) is 78.5 Å². The van der Waals surface area contributed by atoms with Gasteiger partial charge in [0.2, 0.25) is 11.8 Å². The fourth-order valence-electron chi connectivity index (χ4n) is 3.88. The van der Waals surface area contributed by atoms with E-state index in [0.29, 0.717) is 27.7 Å². The molecule has 0 aromatic heterocycles. The summed E-state index contributed by atoms with van der Waals surface area (Å²) in [5, 5.41) is 6.53. The zero-order valence-electron chi connectivity index (χ0n) is 16.9. The van der Waals surface area contributed by atoms with E-state index >= 15 is 0 Å². The number of fused-ring (bicyclic) bond motifs is 1. The van der Waals surface area contributed by atoms with E-state index in [4.69, 9.17) is 23.2 Å². The molecular weight excluding hydrogens is 437 g/mol. The molecular formula is C23H23Cl2N3O3. The van der Waals surface area contributed by atoms with Gasteiger partial charge in [-0.15, -0.1) is 0 Å². The summed E-state index contributed by atoms with van der Waals surface area (Å²) in [6.45, 7) is 0.352. The smallest absolute Gasteiger partial charge is 0.255 e. The van der Waals surface area contributed by atoms with Gasteiger partial charge in [0.1, 0.15) is 6.04 Å². The van der Waals surface area contributed by atoms with Crippen LogP contribution in [0.1, 0.15) is 46.8 Å². The molecule has 3 amide bonds. The van der Waals surface area contributed by atoms with Gasteiger partial charge in [-0.1, -0.05) is 47.5 Å². The summed E-state index contributed by atoms with van der Waals surface area (Å²) < 4.78 is 0. The summed E-state index contributed by atoms with van der Waals surface area (Å²) >= 11 is 11.9. The van der Waals surface area contributed by atoms with Crippen LogP contribution in [0.2, 0.25) is 10.0 Å². The van der Waals surface area contributed by atoms with Crippen molar-refractivity contribution in [1.29, 1.82) is 0 Å². The largest absolute Gasteiger partial charge is 0.355 e. The monoisotopic (exact) mass is 459 g/mol. The summed E-state index contributed by atoms with van der Waals surface area (Å²) in [7, 11) is 0. The van der Waals surface area contributed by atoms with Gasteiger partial charge in [-0.3, -0.25) is 14.4 Å². The van der Waals surface area contributed by atoms with Gasteiger partial charge in [0, 0.05) is 18.2 Å². The molecule has 2 aromatic carbocycles. The molecule has 2 aliphatic rings. The number of nitrogens with zero attached hydrogens (tertiary/aromatic N) is 1. The average Bonchev–Trinajstić information content (AvgIpc) is 3.56. The highest BCUT2D eigenvalue weighted by molar-refractivity contribution is 6.42. The van der Waals surface area contributed by atoms with Gasteiger partial charge >= 0.3 is 0 Å². The first kappa shape index (κ1) is 21.7. The molecule has 0 bridgehead atoms. The molecule has 162 valence electrons. The van der Waals surface area contributed by atoms with Crippen LogP contribution in [0, 0.1) is 0 Å². The first-order valence-corrected chi connectivity index (χ1v) is 11.1. The molecule has 8 heteroatoms. The van der Waals surface area contributed by atoms with E-state index in [2.05, 4.69) is 10.6 Å². The number of rotatable bonds is 8. The van der Waals surface area contributed by atoms with Crippen molar-refractivity contribution in [2.75, 3.05) is 13.1 Å². The van der Waals surface area contributed by atoms with Crippen LogP contribution in [-0.4, -0.2) is 41.8 Å². The molecule has 31 heavy (non-hydrogen) atoms. The number of carbonyl (C=O) groups excluding carboxylic acids is 3. The number of carbonyl (C=O) groups is 3. The van der Waals surface area contributed by atoms with Crippen LogP contribution in [0.3, 0.4) is 0 Å². The van der Waals surface area contributed by atoms with Gasteiger partial charge in [-0.05, 0) is 55.0 Å². The lowest BCUT2D eigenvalue weighted by Gasteiger charge is -2.24. The van der Waals surface area contributed by atoms with Crippen LogP contribution in [0.25, 0.3) is 0 Å². The first-order chi connectivity index (χ1) is 15.0. The van der Waals surface area contributed by atoms with E-state index in [-0.39, 0.29) is 30.3 Å². The molecule has 1 atom stereocenters. The quantitative estimate of drug-likeness (QED) is 0.592. The van der Waals surface area contributed by atoms with Crippen molar-refractivity contribution in [3.8, 4) is 0 Å². The van der Waals surface area contributed by atoms with Crippen molar-refractivity contribution in [3.05, 3.63) is 69.2 Å². The highest BCUT2D eigenvalue weighted by Crippen LogP contribution is 2.41. The second-order valence-electron chi connectivity index (χ2n) is 7.85. The van der Waals surface area contributed by atoms with E-state index in [9.17, 15) is 14.4 Å². The number of halogens is 2. The molecule has 0 radical (unpaired) electrons. The maximum atomic E-state index is 12.9. The third-order valence-electron chi connectivity index (χ3n) is 5.56. The van der Waals surface area contributed by atoms with Crippen LogP contribution in [-0.2, 0) is 16.0 Å². The fourth-order valence-corrected chi connectivity index (χ4v) is 4.20. The molecule has 0 saturated heterocycles. The molecule has 2 aromatic rings. The summed E-state index contributed by atoms with van der Waals surface area (Å²) in [5.74, 6) is -0.695. The molecule has 1 aliphatic carbocycles. The minimum atomic E-state index is -0.668. The third-order valence-corrected chi connectivity index (χ3v) is 6.30. The van der Waals surface area contributed by atoms with E-state index < -0.39 is 6.04 Å². The number of nitrogens with one attached hydrogen (secondary N) is 2. The Morgan fingerprint density at radius 2 is 1.81 bits per heavy atom. The minimum Gasteiger partial charge on any atom is -0.355 e. The maximum absolute atomic E-state index is 12.9. The highest BCUT2D eigenvalue weighted by atomic mass is 35.5. The molecule has 6 nitrogen and oxygen atoms in total. The first-order valence-electron chi connectivity index (χ1n) is 10.4. The lowest BCUT2D eigenvalue weighted by atomic mass is 10.0. The van der Waals surface area contributed by atoms with E-state index in [0.717, 1.165) is 31.2 Å². The number of amides is 3. The lowest BCUT2D eigenvalue weighted by molar-refractivity contribution is -0.129. The van der Waals surface area contributed by atoms with Gasteiger partial charge in [0.25, 0.3) is 5.91 Å². The van der Waals surface area contributed by atoms with Crippen molar-refractivity contribution in [3.63, 3.8) is 0 Å². The van der Waals surface area contributed by atoms with Gasteiger partial charge in [0.15, 0.2) is 0 Å². The number of aryl methyl sites for hydroxylation is 1. The van der Waals surface area contributed by atoms with Crippen molar-refractivity contribution in [2.24, 2.45) is 0 Å². The SMILES string of the molecule is O=C(CNC(=O)C1c2ccccc2C(=O)N1C1CC1)NCCCc1ccc(Cl)c(Cl)c1. The number of hydrogen-bond donors (Lipinski definition) is 2. The van der Waals surface area contributed by atoms with E-state index in [1.807, 2.05) is 24.3 Å². The number of hydrogen-bond acceptors (Lipinski definition) is 3. The molecule has 2 N–H and O–H groups in total. The Labute approximate surface area is 190 Å². The van der Waals surface area contributed by atoms with Crippen LogP contribution in [0.4, 0.5) is 0 Å². The van der Waals surface area contributed by atoms with Crippen LogP contribution >= 0.6 is 23.2 Å². The van der Waals surface area contributed by atoms with Gasteiger partial charge < -0.3 is 15.5 Å². The van der Waals surface area contributed by atoms with Gasteiger partial charge in [-0.25, -0.2) is 0 Å². The van der Waals surface area contributed by atoms with E-state index in [1.54, 1.807) is 23.1 Å². The zero-order chi connectivity index (χ0) is 22.0. The summed E-state index contributed by atoms with van der Waals surface area (Å²) in [6, 6.07) is 12.1. The van der Waals surface area contributed by atoms with Crippen molar-refractivity contribution in [2.45, 2.75) is 37.8 Å². The third kappa shape index (κ3) is 4.86. The normalized spacial score (nSPS) is 17.4.